The zero-order chi connectivity index (χ0) is 32.7. The van der Waals surface area contributed by atoms with Gasteiger partial charge < -0.3 is 29.3 Å². The van der Waals surface area contributed by atoms with E-state index in [1.54, 1.807) is 25.9 Å². The van der Waals surface area contributed by atoms with E-state index in [1.807, 2.05) is 30.0 Å². The van der Waals surface area contributed by atoms with Gasteiger partial charge in [-0.1, -0.05) is 32.1 Å². The van der Waals surface area contributed by atoms with Crippen molar-refractivity contribution in [2.75, 3.05) is 56.4 Å². The first-order valence-electron chi connectivity index (χ1n) is 18.0. The van der Waals surface area contributed by atoms with Crippen LogP contribution in [-0.4, -0.2) is 75.8 Å². The van der Waals surface area contributed by atoms with Crippen molar-refractivity contribution in [1.29, 1.82) is 0 Å². The number of carbonyl (C=O) groups excluding carboxylic acids is 3. The predicted molar refractivity (Wildman–Crippen MR) is 180 cm³/mol. The van der Waals surface area contributed by atoms with Gasteiger partial charge in [-0.2, -0.15) is 0 Å². The topological polar surface area (TPSA) is 97.4 Å². The van der Waals surface area contributed by atoms with Gasteiger partial charge in [0.1, 0.15) is 11.5 Å². The molecule has 256 valence electrons. The van der Waals surface area contributed by atoms with Crippen molar-refractivity contribution in [3.63, 3.8) is 0 Å². The SMILES string of the molecule is CCOCC(CCC(=O)[C@@H]1CNC[C@H](C(=O)N(c2ccc3c(c2)N(CCCOC)C(=O)C(C)(C)O3)C2CC2)C1)CC1CCCCC1. The van der Waals surface area contributed by atoms with Gasteiger partial charge in [-0.25, -0.2) is 0 Å². The molecule has 1 saturated heterocycles. The van der Waals surface area contributed by atoms with Crippen molar-refractivity contribution in [2.24, 2.45) is 23.7 Å². The highest BCUT2D eigenvalue weighted by Crippen LogP contribution is 2.43. The minimum absolute atomic E-state index is 0.0632. The molecule has 0 bridgehead atoms. The number of methoxy groups -OCH3 is 1. The zero-order valence-corrected chi connectivity index (χ0v) is 28.7. The van der Waals surface area contributed by atoms with Crippen molar-refractivity contribution in [2.45, 2.75) is 109 Å². The number of amides is 2. The Labute approximate surface area is 276 Å². The Morgan fingerprint density at radius 3 is 2.59 bits per heavy atom. The third-order valence-corrected chi connectivity index (χ3v) is 10.4. The number of fused-ring (bicyclic) bond motifs is 1. The monoisotopic (exact) mass is 639 g/mol. The minimum atomic E-state index is -0.970. The van der Waals surface area contributed by atoms with Crippen LogP contribution in [0.5, 0.6) is 5.75 Å². The van der Waals surface area contributed by atoms with Gasteiger partial charge in [0.2, 0.25) is 5.91 Å². The van der Waals surface area contributed by atoms with Crippen LogP contribution in [-0.2, 0) is 23.9 Å². The molecule has 2 saturated carbocycles. The molecule has 1 unspecified atom stereocenters. The molecule has 1 aromatic rings. The number of hydrogen-bond donors (Lipinski definition) is 1. The lowest BCUT2D eigenvalue weighted by molar-refractivity contribution is -0.132. The summed E-state index contributed by atoms with van der Waals surface area (Å²) in [7, 11) is 1.66. The van der Waals surface area contributed by atoms with Crippen LogP contribution in [0.4, 0.5) is 11.4 Å². The molecule has 2 heterocycles. The standard InChI is InChI=1S/C37H57N3O6/c1-5-45-25-27(20-26-10-7-6-8-11-26)12-16-33(41)28-21-29(24-38-23-28)35(42)40(30-13-14-30)31-15-17-34-32(22-31)39(18-9-19-44-4)36(43)37(2,3)46-34/h15,17,22,26-30,38H,5-14,16,18-21,23-25H2,1-4H3/t27?,28-,29+/m0/s1. The molecular formula is C37H57N3O6. The molecule has 2 aliphatic carbocycles. The van der Waals surface area contributed by atoms with E-state index in [4.69, 9.17) is 14.2 Å². The highest BCUT2D eigenvalue weighted by molar-refractivity contribution is 6.04. The second-order valence-electron chi connectivity index (χ2n) is 14.6. The van der Waals surface area contributed by atoms with Crippen LogP contribution in [0.25, 0.3) is 0 Å². The molecule has 1 N–H and O–H groups in total. The summed E-state index contributed by atoms with van der Waals surface area (Å²) >= 11 is 0. The van der Waals surface area contributed by atoms with Gasteiger partial charge >= 0.3 is 0 Å². The normalized spacial score (nSPS) is 23.8. The summed E-state index contributed by atoms with van der Waals surface area (Å²) in [6, 6.07) is 5.91. The Bertz CT molecular complexity index is 1190. The van der Waals surface area contributed by atoms with Gasteiger partial charge in [0.05, 0.1) is 11.6 Å². The largest absolute Gasteiger partial charge is 0.476 e. The quantitative estimate of drug-likeness (QED) is 0.224. The molecular weight excluding hydrogens is 582 g/mol. The Balaban J connectivity index is 1.25. The molecule has 0 spiro atoms. The molecule has 3 fully saturated rings. The number of hydrogen-bond acceptors (Lipinski definition) is 7. The van der Waals surface area contributed by atoms with E-state index in [2.05, 4.69) is 5.32 Å². The fourth-order valence-corrected chi connectivity index (χ4v) is 7.72. The van der Waals surface area contributed by atoms with Crippen LogP contribution in [0, 0.1) is 23.7 Å². The highest BCUT2D eigenvalue weighted by Gasteiger charge is 2.43. The second kappa shape index (κ2) is 16.1. The number of nitrogens with one attached hydrogen (secondary N) is 1. The van der Waals surface area contributed by atoms with Gasteiger partial charge in [-0.3, -0.25) is 14.4 Å². The maximum Gasteiger partial charge on any atom is 0.270 e. The van der Waals surface area contributed by atoms with E-state index in [0.717, 1.165) is 43.9 Å². The van der Waals surface area contributed by atoms with Gasteiger partial charge in [0.15, 0.2) is 5.60 Å². The highest BCUT2D eigenvalue weighted by atomic mass is 16.5. The zero-order valence-electron chi connectivity index (χ0n) is 28.7. The molecule has 2 amide bonds. The molecule has 2 aliphatic heterocycles. The molecule has 0 radical (unpaired) electrons. The van der Waals surface area contributed by atoms with Gasteiger partial charge in [-0.15, -0.1) is 0 Å². The number of rotatable bonds is 16. The Hall–Kier alpha value is -2.49. The summed E-state index contributed by atoms with van der Waals surface area (Å²) in [6.45, 7) is 9.33. The smallest absolute Gasteiger partial charge is 0.270 e. The average Bonchev–Trinajstić information content (AvgIpc) is 3.90. The van der Waals surface area contributed by atoms with Gasteiger partial charge in [0, 0.05) is 70.6 Å². The van der Waals surface area contributed by atoms with E-state index in [9.17, 15) is 14.4 Å². The van der Waals surface area contributed by atoms with Crippen LogP contribution in [0.15, 0.2) is 18.2 Å². The van der Waals surface area contributed by atoms with Crippen molar-refractivity contribution < 1.29 is 28.6 Å². The first-order valence-corrected chi connectivity index (χ1v) is 18.0. The van der Waals surface area contributed by atoms with E-state index >= 15 is 0 Å². The molecule has 4 aliphatic rings. The van der Waals surface area contributed by atoms with E-state index in [0.29, 0.717) is 69.5 Å². The summed E-state index contributed by atoms with van der Waals surface area (Å²) < 4.78 is 17.2. The van der Waals surface area contributed by atoms with E-state index in [-0.39, 0.29) is 35.5 Å². The third kappa shape index (κ3) is 8.70. The number of piperidine rings is 1. The van der Waals surface area contributed by atoms with Gasteiger partial charge in [-0.05, 0) is 89.3 Å². The Morgan fingerprint density at radius 1 is 1.11 bits per heavy atom. The minimum Gasteiger partial charge on any atom is -0.476 e. The first-order chi connectivity index (χ1) is 22.2. The number of Topliss-reactive ketones (excluding diaryl/α,β-unsaturated/α-hetero) is 1. The van der Waals surface area contributed by atoms with Crippen LogP contribution < -0.4 is 19.9 Å². The lowest BCUT2D eigenvalue weighted by Gasteiger charge is -2.39. The number of ether oxygens (including phenoxy) is 3. The van der Waals surface area contributed by atoms with Crippen molar-refractivity contribution in [1.82, 2.24) is 5.32 Å². The first kappa shape index (κ1) is 34.8. The molecule has 5 rings (SSSR count). The summed E-state index contributed by atoms with van der Waals surface area (Å²) in [5, 5.41) is 3.42. The molecule has 0 aromatic heterocycles. The number of nitrogens with zero attached hydrogens (tertiary/aromatic N) is 2. The summed E-state index contributed by atoms with van der Waals surface area (Å²) in [4.78, 5) is 44.9. The summed E-state index contributed by atoms with van der Waals surface area (Å²) in [6.07, 6.45) is 12.4. The maximum absolute atomic E-state index is 14.2. The summed E-state index contributed by atoms with van der Waals surface area (Å²) in [5.74, 6) is 1.64. The van der Waals surface area contributed by atoms with E-state index in [1.165, 1.54) is 32.1 Å². The van der Waals surface area contributed by atoms with Crippen molar-refractivity contribution >= 4 is 29.0 Å². The lowest BCUT2D eigenvalue weighted by atomic mass is 9.80. The Kier molecular flexibility index (Phi) is 12.2. The van der Waals surface area contributed by atoms with Crippen LogP contribution >= 0.6 is 0 Å². The van der Waals surface area contributed by atoms with E-state index < -0.39 is 5.60 Å². The number of carbonyl (C=O) groups is 3. The second-order valence-corrected chi connectivity index (χ2v) is 14.6. The van der Waals surface area contributed by atoms with Crippen LogP contribution in [0.3, 0.4) is 0 Å². The third-order valence-electron chi connectivity index (χ3n) is 10.4. The lowest BCUT2D eigenvalue weighted by Crippen LogP contribution is -2.53. The predicted octanol–water partition coefficient (Wildman–Crippen LogP) is 5.92. The fourth-order valence-electron chi connectivity index (χ4n) is 7.72. The molecule has 9 nitrogen and oxygen atoms in total. The molecule has 3 atom stereocenters. The molecule has 9 heteroatoms. The molecule has 1 aromatic carbocycles. The number of anilines is 2. The molecule has 46 heavy (non-hydrogen) atoms. The van der Waals surface area contributed by atoms with Gasteiger partial charge in [0.25, 0.3) is 5.91 Å². The van der Waals surface area contributed by atoms with Crippen LogP contribution in [0.2, 0.25) is 0 Å². The van der Waals surface area contributed by atoms with Crippen molar-refractivity contribution in [3.05, 3.63) is 18.2 Å². The van der Waals surface area contributed by atoms with Crippen LogP contribution in [0.1, 0.15) is 97.8 Å². The van der Waals surface area contributed by atoms with Crippen molar-refractivity contribution in [3.8, 4) is 5.75 Å². The maximum atomic E-state index is 14.2. The number of ketones is 1. The number of benzene rings is 1. The summed E-state index contributed by atoms with van der Waals surface area (Å²) in [5.41, 5.74) is 0.511. The Morgan fingerprint density at radius 2 is 1.87 bits per heavy atom. The average molecular weight is 640 g/mol. The fraction of sp³-hybridized carbons (Fsp3) is 0.757.